The van der Waals surface area contributed by atoms with Crippen molar-refractivity contribution in [3.05, 3.63) is 47.4 Å². The Hall–Kier alpha value is -2.81. The molecule has 0 unspecified atom stereocenters. The Balaban J connectivity index is 1.69. The second kappa shape index (κ2) is 5.92. The second-order valence-electron chi connectivity index (χ2n) is 5.86. The lowest BCUT2D eigenvalue weighted by atomic mass is 9.99. The maximum Gasteiger partial charge on any atom is 0.352 e. The number of rotatable bonds is 5. The van der Waals surface area contributed by atoms with Crippen LogP contribution in [0, 0.1) is 0 Å². The van der Waals surface area contributed by atoms with Gasteiger partial charge in [0.25, 0.3) is 5.91 Å². The first-order valence-corrected chi connectivity index (χ1v) is 8.73. The fourth-order valence-electron chi connectivity index (χ4n) is 3.32. The molecule has 128 valence electrons. The van der Waals surface area contributed by atoms with Crippen molar-refractivity contribution < 1.29 is 24.0 Å². The van der Waals surface area contributed by atoms with E-state index < -0.39 is 12.0 Å². The zero-order chi connectivity index (χ0) is 17.6. The van der Waals surface area contributed by atoms with Crippen molar-refractivity contribution in [1.82, 2.24) is 15.3 Å². The molecule has 2 aliphatic heterocycles. The van der Waals surface area contributed by atoms with E-state index in [-0.39, 0.29) is 17.0 Å². The van der Waals surface area contributed by atoms with Crippen molar-refractivity contribution >= 4 is 35.6 Å². The Morgan fingerprint density at radius 2 is 2.36 bits per heavy atom. The molecule has 2 atom stereocenters. The molecule has 9 heteroatoms. The van der Waals surface area contributed by atoms with Gasteiger partial charge in [0.15, 0.2) is 6.20 Å². The van der Waals surface area contributed by atoms with Crippen LogP contribution in [0.15, 0.2) is 41.9 Å². The number of fused-ring (bicyclic) bond motifs is 2. The zero-order valence-electron chi connectivity index (χ0n) is 13.0. The van der Waals surface area contributed by atoms with Crippen LogP contribution in [0.25, 0.3) is 5.52 Å². The van der Waals surface area contributed by atoms with Crippen LogP contribution in [0.4, 0.5) is 0 Å². The summed E-state index contributed by atoms with van der Waals surface area (Å²) in [4.78, 5) is 35.9. The molecule has 2 aromatic heterocycles. The van der Waals surface area contributed by atoms with Crippen molar-refractivity contribution in [2.24, 2.45) is 0 Å². The molecule has 2 amide bonds. The fraction of sp³-hybridized carbons (Fsp3) is 0.250. The summed E-state index contributed by atoms with van der Waals surface area (Å²) in [5.41, 5.74) is 2.65. The van der Waals surface area contributed by atoms with Gasteiger partial charge in [-0.1, -0.05) is 4.52 Å². The number of aromatic amines is 1. The standard InChI is InChI=1S/C16H14N4O4S/c21-8-17-12-14(22)20-13(16(23)24)10(7-25-15(12)20)5-9-6-18-19-4-2-1-3-11(9)19/h1-4,6,8,12,15H,5,7H2,(H2,17,21,23,24)/p+1/t12-,15-/m1/s1. The molecule has 0 radical (unpaired) electrons. The highest BCUT2D eigenvalue weighted by Gasteiger charge is 2.53. The lowest BCUT2D eigenvalue weighted by Gasteiger charge is -2.49. The summed E-state index contributed by atoms with van der Waals surface area (Å²) in [5, 5.41) is 14.8. The average Bonchev–Trinajstić information content (AvgIpc) is 3.02. The molecular weight excluding hydrogens is 344 g/mol. The summed E-state index contributed by atoms with van der Waals surface area (Å²) in [7, 11) is 0. The van der Waals surface area contributed by atoms with Gasteiger partial charge in [0.1, 0.15) is 17.1 Å². The summed E-state index contributed by atoms with van der Waals surface area (Å²) in [6.45, 7) is 0. The fourth-order valence-corrected chi connectivity index (χ4v) is 4.68. The zero-order valence-corrected chi connectivity index (χ0v) is 13.8. The van der Waals surface area contributed by atoms with E-state index in [1.807, 2.05) is 35.1 Å². The van der Waals surface area contributed by atoms with E-state index in [9.17, 15) is 19.5 Å². The quantitative estimate of drug-likeness (QED) is 0.385. The number of carbonyl (C=O) groups excluding carboxylic acids is 2. The molecule has 3 N–H and O–H groups in total. The Labute approximate surface area is 146 Å². The van der Waals surface area contributed by atoms with Gasteiger partial charge in [0, 0.05) is 24.3 Å². The number of carboxylic acids is 1. The number of hydrogen-bond donors (Lipinski definition) is 3. The van der Waals surface area contributed by atoms with Gasteiger partial charge >= 0.3 is 5.97 Å². The first-order chi connectivity index (χ1) is 12.1. The Kier molecular flexibility index (Phi) is 3.72. The number of aliphatic carboxylic acids is 1. The Bertz CT molecular complexity index is 922. The monoisotopic (exact) mass is 359 g/mol. The van der Waals surface area contributed by atoms with Crippen molar-refractivity contribution in [2.75, 3.05) is 5.75 Å². The number of carbonyl (C=O) groups is 3. The van der Waals surface area contributed by atoms with Gasteiger partial charge < -0.3 is 10.4 Å². The van der Waals surface area contributed by atoms with Crippen LogP contribution in [0.5, 0.6) is 0 Å². The number of nitrogens with one attached hydrogen (secondary N) is 2. The van der Waals surface area contributed by atoms with Crippen LogP contribution in [0.3, 0.4) is 0 Å². The number of H-pyrrole nitrogens is 1. The highest BCUT2D eigenvalue weighted by molar-refractivity contribution is 8.00. The first-order valence-electron chi connectivity index (χ1n) is 7.68. The third-order valence-corrected chi connectivity index (χ3v) is 5.81. The van der Waals surface area contributed by atoms with E-state index >= 15 is 0 Å². The topological polar surface area (TPSA) is 107 Å². The van der Waals surface area contributed by atoms with Crippen molar-refractivity contribution in [3.8, 4) is 0 Å². The third-order valence-electron chi connectivity index (χ3n) is 4.47. The van der Waals surface area contributed by atoms with E-state index in [4.69, 9.17) is 0 Å². The van der Waals surface area contributed by atoms with E-state index in [2.05, 4.69) is 10.4 Å². The number of carboxylic acid groups (broad SMARTS) is 1. The summed E-state index contributed by atoms with van der Waals surface area (Å²) in [5.74, 6) is -1.00. The van der Waals surface area contributed by atoms with Crippen molar-refractivity contribution in [2.45, 2.75) is 17.8 Å². The lowest BCUT2D eigenvalue weighted by Crippen LogP contribution is -2.69. The van der Waals surface area contributed by atoms with Gasteiger partial charge in [0.2, 0.25) is 11.9 Å². The van der Waals surface area contributed by atoms with Gasteiger partial charge in [-0.15, -0.1) is 11.8 Å². The van der Waals surface area contributed by atoms with E-state index in [0.717, 1.165) is 11.1 Å². The molecule has 0 aliphatic carbocycles. The molecule has 0 bridgehead atoms. The highest BCUT2D eigenvalue weighted by Crippen LogP contribution is 2.41. The minimum atomic E-state index is -1.12. The number of thioether (sulfide) groups is 1. The van der Waals surface area contributed by atoms with Crippen LogP contribution < -0.4 is 9.83 Å². The number of amides is 2. The molecule has 4 rings (SSSR count). The van der Waals surface area contributed by atoms with Crippen molar-refractivity contribution in [1.29, 1.82) is 0 Å². The number of hydrogen-bond acceptors (Lipinski definition) is 4. The van der Waals surface area contributed by atoms with Gasteiger partial charge in [-0.3, -0.25) is 14.5 Å². The van der Waals surface area contributed by atoms with Gasteiger partial charge in [0.05, 0.1) is 11.8 Å². The number of nitrogens with zero attached hydrogens (tertiary/aromatic N) is 2. The van der Waals surface area contributed by atoms with Crippen LogP contribution >= 0.6 is 11.8 Å². The van der Waals surface area contributed by atoms with Crippen LogP contribution in [-0.2, 0) is 20.8 Å². The maximum atomic E-state index is 12.2. The van der Waals surface area contributed by atoms with Crippen molar-refractivity contribution in [3.63, 3.8) is 0 Å². The largest absolute Gasteiger partial charge is 0.477 e. The van der Waals surface area contributed by atoms with Gasteiger partial charge in [-0.05, 0) is 11.6 Å². The second-order valence-corrected chi connectivity index (χ2v) is 6.97. The Morgan fingerprint density at radius 3 is 3.12 bits per heavy atom. The number of aromatic nitrogens is 2. The molecular formula is C16H15N4O4S+. The highest BCUT2D eigenvalue weighted by atomic mass is 32.2. The molecule has 0 saturated carbocycles. The SMILES string of the molecule is O=CN[C@@H]1C(=O)N2C(C(=O)O)=C(Cc3c[nH][n+]4ccccc34)CS[C@H]12. The summed E-state index contributed by atoms with van der Waals surface area (Å²) in [6, 6.07) is 5.11. The minimum Gasteiger partial charge on any atom is -0.477 e. The molecule has 25 heavy (non-hydrogen) atoms. The molecule has 8 nitrogen and oxygen atoms in total. The predicted molar refractivity (Wildman–Crippen MR) is 88.4 cm³/mol. The Morgan fingerprint density at radius 1 is 1.52 bits per heavy atom. The molecule has 2 aliphatic rings. The summed E-state index contributed by atoms with van der Waals surface area (Å²) < 4.78 is 1.86. The first kappa shape index (κ1) is 15.7. The van der Waals surface area contributed by atoms with Gasteiger partial charge in [-0.2, -0.15) is 5.10 Å². The van der Waals surface area contributed by atoms with Crippen LogP contribution in [0.1, 0.15) is 5.56 Å². The van der Waals surface area contributed by atoms with E-state index in [1.165, 1.54) is 16.7 Å². The lowest BCUT2D eigenvalue weighted by molar-refractivity contribution is -0.576. The molecule has 0 aromatic carbocycles. The number of pyridine rings is 1. The minimum absolute atomic E-state index is 0.0352. The van der Waals surface area contributed by atoms with E-state index in [1.54, 1.807) is 0 Å². The molecule has 0 spiro atoms. The normalized spacial score (nSPS) is 22.6. The third kappa shape index (κ3) is 2.39. The molecule has 1 saturated heterocycles. The molecule has 2 aromatic rings. The molecule has 1 fully saturated rings. The summed E-state index contributed by atoms with van der Waals surface area (Å²) in [6.07, 6.45) is 4.64. The smallest absolute Gasteiger partial charge is 0.352 e. The average molecular weight is 359 g/mol. The maximum absolute atomic E-state index is 12.2. The van der Waals surface area contributed by atoms with Crippen LogP contribution in [-0.4, -0.2) is 50.6 Å². The van der Waals surface area contributed by atoms with Crippen LogP contribution in [0.2, 0.25) is 0 Å². The predicted octanol–water partition coefficient (Wildman–Crippen LogP) is -0.336. The number of β-lactam (4-membered cyclic amide) rings is 1. The molecule has 4 heterocycles. The van der Waals surface area contributed by atoms with Gasteiger partial charge in [-0.25, -0.2) is 4.79 Å². The van der Waals surface area contributed by atoms with E-state index in [0.29, 0.717) is 24.2 Å². The summed E-state index contributed by atoms with van der Waals surface area (Å²) >= 11 is 1.47.